The van der Waals surface area contributed by atoms with Crippen LogP contribution in [0, 0.1) is 0 Å². The number of carbonyl (C=O) groups is 2. The highest BCUT2D eigenvalue weighted by molar-refractivity contribution is 6.60. The lowest BCUT2D eigenvalue weighted by molar-refractivity contribution is 0.100. The quantitative estimate of drug-likeness (QED) is 0.403. The maximum Gasteiger partial charge on any atom is 0.508 e. The number of nitrogens with two attached hydrogens (primary N) is 1. The number of carbonyl (C=O) groups excluding carboxylic acids is 2. The van der Waals surface area contributed by atoms with Crippen LogP contribution in [0.15, 0.2) is 78.9 Å². The van der Waals surface area contributed by atoms with Gasteiger partial charge >= 0.3 is 7.12 Å². The van der Waals surface area contributed by atoms with Gasteiger partial charge in [0.25, 0.3) is 0 Å². The average Bonchev–Trinajstić information content (AvgIpc) is 2.73. The van der Waals surface area contributed by atoms with Gasteiger partial charge in [-0.1, -0.05) is 78.9 Å². The van der Waals surface area contributed by atoms with Crippen LogP contribution in [0.4, 0.5) is 0 Å². The molecule has 3 aromatic carbocycles. The van der Waals surface area contributed by atoms with E-state index in [-0.39, 0.29) is 28.2 Å². The monoisotopic (exact) mass is 345 g/mol. The Hall–Kier alpha value is -3.06. The zero-order valence-electron chi connectivity index (χ0n) is 13.8. The molecule has 0 radical (unpaired) electrons. The SMILES string of the molecule is NOB(O)c1ccc(C(=O)c2ccccc2)c(C(=O)c2ccccc2)c1. The second-order valence-corrected chi connectivity index (χ2v) is 5.68. The summed E-state index contributed by atoms with van der Waals surface area (Å²) in [5.74, 6) is 4.43. The lowest BCUT2D eigenvalue weighted by atomic mass is 9.77. The van der Waals surface area contributed by atoms with Gasteiger partial charge in [-0.05, 0) is 5.46 Å². The third-order valence-corrected chi connectivity index (χ3v) is 4.02. The maximum absolute atomic E-state index is 13.0. The van der Waals surface area contributed by atoms with E-state index in [1.54, 1.807) is 54.6 Å². The van der Waals surface area contributed by atoms with Gasteiger partial charge in [0.05, 0.1) is 0 Å². The molecule has 5 nitrogen and oxygen atoms in total. The molecule has 0 amide bonds. The Morgan fingerprint density at radius 2 is 1.27 bits per heavy atom. The molecule has 26 heavy (non-hydrogen) atoms. The van der Waals surface area contributed by atoms with Crippen LogP contribution in [0.1, 0.15) is 31.8 Å². The van der Waals surface area contributed by atoms with E-state index < -0.39 is 7.12 Å². The Labute approximate surface area is 151 Å². The molecule has 0 aliphatic carbocycles. The fourth-order valence-electron chi connectivity index (χ4n) is 2.67. The molecule has 0 atom stereocenters. The van der Waals surface area contributed by atoms with Gasteiger partial charge in [-0.25, -0.2) is 5.90 Å². The molecule has 0 heterocycles. The van der Waals surface area contributed by atoms with Crippen molar-refractivity contribution in [2.45, 2.75) is 0 Å². The molecule has 128 valence electrons. The van der Waals surface area contributed by atoms with Crippen LogP contribution in [0.25, 0.3) is 0 Å². The van der Waals surface area contributed by atoms with Crippen molar-refractivity contribution in [3.63, 3.8) is 0 Å². The summed E-state index contributed by atoms with van der Waals surface area (Å²) < 4.78 is 4.42. The molecule has 3 aromatic rings. The molecular formula is C20H16BNO4. The van der Waals surface area contributed by atoms with Gasteiger partial charge in [0, 0.05) is 22.3 Å². The van der Waals surface area contributed by atoms with E-state index in [1.807, 2.05) is 6.07 Å². The number of benzene rings is 3. The second kappa shape index (κ2) is 7.88. The van der Waals surface area contributed by atoms with Crippen molar-refractivity contribution < 1.29 is 19.4 Å². The van der Waals surface area contributed by atoms with Crippen LogP contribution >= 0.6 is 0 Å². The number of rotatable bonds is 6. The zero-order valence-corrected chi connectivity index (χ0v) is 13.8. The smallest absolute Gasteiger partial charge is 0.422 e. The molecule has 0 unspecified atom stereocenters. The molecule has 0 aromatic heterocycles. The molecule has 0 bridgehead atoms. The first-order valence-corrected chi connectivity index (χ1v) is 7.99. The van der Waals surface area contributed by atoms with Gasteiger partial charge in [-0.2, -0.15) is 0 Å². The van der Waals surface area contributed by atoms with Crippen LogP contribution < -0.4 is 11.4 Å². The lowest BCUT2D eigenvalue weighted by Gasteiger charge is -2.12. The van der Waals surface area contributed by atoms with E-state index >= 15 is 0 Å². The summed E-state index contributed by atoms with van der Waals surface area (Å²) in [6.45, 7) is 0. The predicted octanol–water partition coefficient (Wildman–Crippen LogP) is 1.73. The third-order valence-electron chi connectivity index (χ3n) is 4.02. The van der Waals surface area contributed by atoms with Crippen molar-refractivity contribution in [1.29, 1.82) is 0 Å². The Morgan fingerprint density at radius 1 is 0.769 bits per heavy atom. The van der Waals surface area contributed by atoms with Crippen molar-refractivity contribution in [3.05, 3.63) is 101 Å². The van der Waals surface area contributed by atoms with Crippen LogP contribution in [0.2, 0.25) is 0 Å². The average molecular weight is 345 g/mol. The molecular weight excluding hydrogens is 329 g/mol. The summed E-state index contributed by atoms with van der Waals surface area (Å²) in [5, 5.41) is 9.81. The Kier molecular flexibility index (Phi) is 5.38. The van der Waals surface area contributed by atoms with Crippen molar-refractivity contribution >= 4 is 24.1 Å². The summed E-state index contributed by atoms with van der Waals surface area (Å²) in [6.07, 6.45) is 0. The molecule has 0 aliphatic heterocycles. The van der Waals surface area contributed by atoms with Gasteiger partial charge in [0.15, 0.2) is 11.6 Å². The summed E-state index contributed by atoms with van der Waals surface area (Å²) in [5.41, 5.74) is 1.63. The normalized spacial score (nSPS) is 10.4. The van der Waals surface area contributed by atoms with E-state index in [0.717, 1.165) is 0 Å². The summed E-state index contributed by atoms with van der Waals surface area (Å²) >= 11 is 0. The van der Waals surface area contributed by atoms with Crippen LogP contribution in [-0.4, -0.2) is 23.7 Å². The standard InChI is InChI=1S/C20H16BNO4/c22-26-21(25)16-11-12-17(19(23)14-7-3-1-4-8-14)18(13-16)20(24)15-9-5-2-6-10-15/h1-13,25H,22H2. The van der Waals surface area contributed by atoms with E-state index in [1.165, 1.54) is 18.2 Å². The van der Waals surface area contributed by atoms with Gasteiger partial charge in [-0.15, -0.1) is 0 Å². The first-order valence-electron chi connectivity index (χ1n) is 7.99. The van der Waals surface area contributed by atoms with Crippen molar-refractivity contribution in [2.24, 2.45) is 5.90 Å². The first-order chi connectivity index (χ1) is 12.6. The fourth-order valence-corrected chi connectivity index (χ4v) is 2.67. The van der Waals surface area contributed by atoms with E-state index in [9.17, 15) is 14.6 Å². The summed E-state index contributed by atoms with van der Waals surface area (Å²) in [4.78, 5) is 25.8. The van der Waals surface area contributed by atoms with Gasteiger partial charge in [-0.3, -0.25) is 9.59 Å². The van der Waals surface area contributed by atoms with Crippen molar-refractivity contribution in [1.82, 2.24) is 0 Å². The van der Waals surface area contributed by atoms with Gasteiger partial charge in [0.2, 0.25) is 0 Å². The Morgan fingerprint density at radius 3 is 1.77 bits per heavy atom. The van der Waals surface area contributed by atoms with E-state index in [2.05, 4.69) is 4.76 Å². The minimum absolute atomic E-state index is 0.179. The van der Waals surface area contributed by atoms with Crippen LogP contribution in [-0.2, 0) is 4.76 Å². The molecule has 0 saturated carbocycles. The maximum atomic E-state index is 13.0. The second-order valence-electron chi connectivity index (χ2n) is 5.68. The number of ketones is 2. The van der Waals surface area contributed by atoms with Crippen molar-refractivity contribution in [3.8, 4) is 0 Å². The third kappa shape index (κ3) is 3.62. The largest absolute Gasteiger partial charge is 0.508 e. The highest BCUT2D eigenvalue weighted by Gasteiger charge is 2.23. The predicted molar refractivity (Wildman–Crippen MR) is 99.1 cm³/mol. The van der Waals surface area contributed by atoms with Gasteiger partial charge < -0.3 is 9.78 Å². The number of hydrogen-bond acceptors (Lipinski definition) is 5. The van der Waals surface area contributed by atoms with Crippen molar-refractivity contribution in [2.75, 3.05) is 0 Å². The van der Waals surface area contributed by atoms with E-state index in [0.29, 0.717) is 11.1 Å². The topological polar surface area (TPSA) is 89.6 Å². The summed E-state index contributed by atoms with van der Waals surface area (Å²) in [7, 11) is -1.39. The Balaban J connectivity index is 2.12. The zero-order chi connectivity index (χ0) is 18.5. The molecule has 0 saturated heterocycles. The first kappa shape index (κ1) is 17.8. The van der Waals surface area contributed by atoms with E-state index in [4.69, 9.17) is 5.90 Å². The molecule has 0 aliphatic rings. The fraction of sp³-hybridized carbons (Fsp3) is 0. The minimum atomic E-state index is -1.39. The molecule has 3 N–H and O–H groups in total. The molecule has 3 rings (SSSR count). The lowest BCUT2D eigenvalue weighted by Crippen LogP contribution is -2.37. The summed E-state index contributed by atoms with van der Waals surface area (Å²) in [6, 6.07) is 21.8. The molecule has 6 heteroatoms. The highest BCUT2D eigenvalue weighted by atomic mass is 16.6. The van der Waals surface area contributed by atoms with Gasteiger partial charge in [0.1, 0.15) is 0 Å². The molecule has 0 spiro atoms. The van der Waals surface area contributed by atoms with Crippen LogP contribution in [0.3, 0.4) is 0 Å². The highest BCUT2D eigenvalue weighted by Crippen LogP contribution is 2.18. The molecule has 0 fully saturated rings. The van der Waals surface area contributed by atoms with Crippen LogP contribution in [0.5, 0.6) is 0 Å². The number of hydrogen-bond donors (Lipinski definition) is 2. The Bertz CT molecular complexity index is 929. The minimum Gasteiger partial charge on any atom is -0.422 e.